The zero-order chi connectivity index (χ0) is 16.4. The van der Waals surface area contributed by atoms with Crippen LogP contribution >= 0.6 is 0 Å². The molecule has 5 nitrogen and oxygen atoms in total. The number of aliphatic carboxylic acids is 1. The summed E-state index contributed by atoms with van der Waals surface area (Å²) < 4.78 is 73.8. The van der Waals surface area contributed by atoms with Gasteiger partial charge in [-0.15, -0.1) is 0 Å². The number of nitrogens with zero attached hydrogens (tertiary/aromatic N) is 2. The Kier molecular flexibility index (Phi) is 4.44. The summed E-state index contributed by atoms with van der Waals surface area (Å²) in [6.45, 7) is -1.39. The summed E-state index contributed by atoms with van der Waals surface area (Å²) >= 11 is 0. The Morgan fingerprint density at radius 1 is 1.14 bits per heavy atom. The molecule has 11 heteroatoms. The van der Waals surface area contributed by atoms with E-state index in [2.05, 4.69) is 4.98 Å². The van der Waals surface area contributed by atoms with Gasteiger partial charge in [0.2, 0.25) is 0 Å². The maximum Gasteiger partial charge on any atom is 0.471 e. The minimum atomic E-state index is -5.39. The van der Waals surface area contributed by atoms with E-state index in [-0.39, 0.29) is 11.1 Å². The van der Waals surface area contributed by atoms with Gasteiger partial charge < -0.3 is 5.11 Å². The minimum absolute atomic E-state index is 0.202. The highest BCUT2D eigenvalue weighted by Gasteiger charge is 2.44. The molecule has 21 heavy (non-hydrogen) atoms. The molecular weight excluding hydrogens is 310 g/mol. The molecule has 1 aromatic rings. The predicted molar refractivity (Wildman–Crippen MR) is 55.3 cm³/mol. The molecular formula is C10H6F6N2O3. The van der Waals surface area contributed by atoms with Crippen molar-refractivity contribution in [3.8, 4) is 0 Å². The highest BCUT2D eigenvalue weighted by molar-refractivity contribution is 5.99. The van der Waals surface area contributed by atoms with Crippen molar-refractivity contribution in [2.75, 3.05) is 11.4 Å². The van der Waals surface area contributed by atoms with Gasteiger partial charge in [0, 0.05) is 6.20 Å². The Labute approximate surface area is 112 Å². The fourth-order valence-corrected chi connectivity index (χ4v) is 1.26. The molecule has 0 atom stereocenters. The summed E-state index contributed by atoms with van der Waals surface area (Å²) in [5, 5.41) is 8.47. The van der Waals surface area contributed by atoms with Crippen molar-refractivity contribution in [2.45, 2.75) is 12.4 Å². The van der Waals surface area contributed by atoms with E-state index in [0.717, 1.165) is 0 Å². The van der Waals surface area contributed by atoms with Gasteiger partial charge in [-0.3, -0.25) is 14.5 Å². The minimum Gasteiger partial charge on any atom is -0.480 e. The fourth-order valence-electron chi connectivity index (χ4n) is 1.26. The van der Waals surface area contributed by atoms with Gasteiger partial charge in [-0.25, -0.2) is 4.98 Å². The number of aromatic nitrogens is 1. The second-order valence-corrected chi connectivity index (χ2v) is 3.69. The zero-order valence-corrected chi connectivity index (χ0v) is 9.87. The molecule has 0 saturated carbocycles. The third-order valence-electron chi connectivity index (χ3n) is 2.13. The lowest BCUT2D eigenvalue weighted by molar-refractivity contribution is -0.171. The van der Waals surface area contributed by atoms with E-state index in [1.807, 2.05) is 0 Å². The summed E-state index contributed by atoms with van der Waals surface area (Å²) in [5.41, 5.74) is -1.25. The number of carbonyl (C=O) groups excluding carboxylic acids is 1. The number of carbonyl (C=O) groups is 2. The molecule has 0 fully saturated rings. The van der Waals surface area contributed by atoms with Crippen molar-refractivity contribution in [3.63, 3.8) is 0 Å². The molecule has 1 heterocycles. The van der Waals surface area contributed by atoms with Crippen molar-refractivity contribution in [3.05, 3.63) is 23.9 Å². The van der Waals surface area contributed by atoms with Gasteiger partial charge in [0.15, 0.2) is 0 Å². The average molecular weight is 316 g/mol. The maximum atomic E-state index is 12.3. The summed E-state index contributed by atoms with van der Waals surface area (Å²) in [5.74, 6) is -5.18. The lowest BCUT2D eigenvalue weighted by Gasteiger charge is -2.21. The summed E-state index contributed by atoms with van der Waals surface area (Å²) in [4.78, 5) is 24.3. The van der Waals surface area contributed by atoms with E-state index in [1.54, 1.807) is 0 Å². The van der Waals surface area contributed by atoms with Crippen LogP contribution in [-0.4, -0.2) is 34.7 Å². The SMILES string of the molecule is O=C(O)CN(C(=O)C(F)(F)F)c1ccc(C(F)(F)F)cn1. The van der Waals surface area contributed by atoms with Crippen molar-refractivity contribution in [1.82, 2.24) is 4.98 Å². The fraction of sp³-hybridized carbons (Fsp3) is 0.300. The summed E-state index contributed by atoms with van der Waals surface area (Å²) in [6.07, 6.45) is -9.95. The number of hydrogen-bond acceptors (Lipinski definition) is 3. The van der Waals surface area contributed by atoms with Gasteiger partial charge >= 0.3 is 24.2 Å². The second kappa shape index (κ2) is 5.58. The standard InChI is InChI=1S/C10H6F6N2O3/c11-9(12,13)5-1-2-6(17-3-5)18(4-7(19)20)8(21)10(14,15)16/h1-3H,4H2,(H,19,20). The number of hydrogen-bond donors (Lipinski definition) is 1. The highest BCUT2D eigenvalue weighted by atomic mass is 19.4. The lowest BCUT2D eigenvalue weighted by atomic mass is 10.2. The Balaban J connectivity index is 3.16. The van der Waals surface area contributed by atoms with Crippen LogP contribution in [0.25, 0.3) is 0 Å². The Morgan fingerprint density at radius 3 is 2.05 bits per heavy atom. The first-order valence-corrected chi connectivity index (χ1v) is 5.06. The second-order valence-electron chi connectivity index (χ2n) is 3.69. The van der Waals surface area contributed by atoms with Gasteiger partial charge in [-0.1, -0.05) is 0 Å². The van der Waals surface area contributed by atoms with E-state index in [1.165, 1.54) is 0 Å². The molecule has 0 unspecified atom stereocenters. The van der Waals surface area contributed by atoms with Crippen LogP contribution in [0.4, 0.5) is 32.2 Å². The van der Waals surface area contributed by atoms with Gasteiger partial charge in [0.1, 0.15) is 12.4 Å². The third-order valence-corrected chi connectivity index (χ3v) is 2.13. The number of pyridine rings is 1. The van der Waals surface area contributed by atoms with E-state index in [0.29, 0.717) is 12.1 Å². The smallest absolute Gasteiger partial charge is 0.471 e. The third kappa shape index (κ3) is 4.33. The zero-order valence-electron chi connectivity index (χ0n) is 9.87. The molecule has 1 amide bonds. The first-order valence-electron chi connectivity index (χ1n) is 5.06. The van der Waals surface area contributed by atoms with Gasteiger partial charge in [0.05, 0.1) is 5.56 Å². The molecule has 0 aromatic carbocycles. The van der Waals surface area contributed by atoms with Gasteiger partial charge in [-0.2, -0.15) is 26.3 Å². The highest BCUT2D eigenvalue weighted by Crippen LogP contribution is 2.30. The van der Waals surface area contributed by atoms with Crippen LogP contribution in [0.5, 0.6) is 0 Å². The Morgan fingerprint density at radius 2 is 1.71 bits per heavy atom. The van der Waals surface area contributed by atoms with Gasteiger partial charge in [0.25, 0.3) is 0 Å². The van der Waals surface area contributed by atoms with Gasteiger partial charge in [-0.05, 0) is 12.1 Å². The number of amides is 1. The Hall–Kier alpha value is -2.33. The van der Waals surface area contributed by atoms with Crippen LogP contribution in [0, 0.1) is 0 Å². The largest absolute Gasteiger partial charge is 0.480 e. The van der Waals surface area contributed by atoms with E-state index < -0.39 is 42.2 Å². The molecule has 116 valence electrons. The van der Waals surface area contributed by atoms with E-state index in [4.69, 9.17) is 5.11 Å². The van der Waals surface area contributed by atoms with Crippen LogP contribution in [-0.2, 0) is 15.8 Å². The molecule has 0 aliphatic rings. The monoisotopic (exact) mass is 316 g/mol. The summed E-state index contributed by atoms with van der Waals surface area (Å²) in [7, 11) is 0. The van der Waals surface area contributed by atoms with Crippen LogP contribution in [0.3, 0.4) is 0 Å². The average Bonchev–Trinajstić information content (AvgIpc) is 2.33. The van der Waals surface area contributed by atoms with Crippen LogP contribution in [0.1, 0.15) is 5.56 Å². The quantitative estimate of drug-likeness (QED) is 0.867. The van der Waals surface area contributed by atoms with Crippen molar-refractivity contribution >= 4 is 17.7 Å². The number of alkyl halides is 6. The molecule has 0 aliphatic heterocycles. The number of carboxylic acids is 1. The lowest BCUT2D eigenvalue weighted by Crippen LogP contribution is -2.44. The molecule has 1 aromatic heterocycles. The number of rotatable bonds is 3. The first-order chi connectivity index (χ1) is 9.43. The van der Waals surface area contributed by atoms with Crippen molar-refractivity contribution < 1.29 is 41.0 Å². The Bertz CT molecular complexity index is 537. The molecule has 0 spiro atoms. The van der Waals surface area contributed by atoms with Crippen molar-refractivity contribution in [1.29, 1.82) is 0 Å². The summed E-state index contributed by atoms with van der Waals surface area (Å²) in [6, 6.07) is 0.871. The maximum absolute atomic E-state index is 12.3. The van der Waals surface area contributed by atoms with E-state index >= 15 is 0 Å². The molecule has 0 saturated heterocycles. The number of carboxylic acid groups (broad SMARTS) is 1. The first kappa shape index (κ1) is 16.7. The number of halogens is 6. The predicted octanol–water partition coefficient (Wildman–Crippen LogP) is 2.08. The van der Waals surface area contributed by atoms with Crippen LogP contribution in [0.2, 0.25) is 0 Å². The van der Waals surface area contributed by atoms with Crippen LogP contribution < -0.4 is 4.90 Å². The topological polar surface area (TPSA) is 70.5 Å². The molecule has 0 bridgehead atoms. The molecule has 0 radical (unpaired) electrons. The van der Waals surface area contributed by atoms with Crippen LogP contribution in [0.15, 0.2) is 18.3 Å². The normalized spacial score (nSPS) is 12.1. The molecule has 0 aliphatic carbocycles. The number of anilines is 1. The molecule has 1 rings (SSSR count). The molecule has 1 N–H and O–H groups in total. The van der Waals surface area contributed by atoms with E-state index in [9.17, 15) is 35.9 Å². The van der Waals surface area contributed by atoms with Crippen molar-refractivity contribution in [2.24, 2.45) is 0 Å².